The number of nitrogens with one attached hydrogen (secondary N) is 1. The molecule has 6 nitrogen and oxygen atoms in total. The SMILES string of the molecule is CC(C)=CCCn1c(=O)sc2c(=O)[nH]c(N)nc21. The molecule has 0 amide bonds. The van der Waals surface area contributed by atoms with Crippen LogP contribution in [0.1, 0.15) is 20.3 Å². The van der Waals surface area contributed by atoms with Crippen LogP contribution in [-0.4, -0.2) is 14.5 Å². The minimum absolute atomic E-state index is 0.0289. The first kappa shape index (κ1) is 12.6. The lowest BCUT2D eigenvalue weighted by atomic mass is 10.3. The number of rotatable bonds is 3. The van der Waals surface area contributed by atoms with Gasteiger partial charge in [0.05, 0.1) is 0 Å². The van der Waals surface area contributed by atoms with Gasteiger partial charge in [-0.25, -0.2) is 0 Å². The monoisotopic (exact) mass is 266 g/mol. The second kappa shape index (κ2) is 4.77. The van der Waals surface area contributed by atoms with E-state index in [1.807, 2.05) is 19.9 Å². The number of allylic oxidation sites excluding steroid dienone is 2. The minimum atomic E-state index is -0.361. The van der Waals surface area contributed by atoms with Gasteiger partial charge < -0.3 is 5.73 Å². The van der Waals surface area contributed by atoms with Crippen molar-refractivity contribution in [2.75, 3.05) is 5.73 Å². The lowest BCUT2D eigenvalue weighted by Gasteiger charge is -2.01. The summed E-state index contributed by atoms with van der Waals surface area (Å²) >= 11 is 0.898. The summed E-state index contributed by atoms with van der Waals surface area (Å²) in [6.45, 7) is 4.49. The number of thiazole rings is 1. The number of nitrogens with zero attached hydrogens (tertiary/aromatic N) is 2. The van der Waals surface area contributed by atoms with Crippen molar-refractivity contribution < 1.29 is 0 Å². The van der Waals surface area contributed by atoms with Crippen molar-refractivity contribution in [3.05, 3.63) is 31.7 Å². The summed E-state index contributed by atoms with van der Waals surface area (Å²) in [5.41, 5.74) is 6.69. The number of nitrogen functional groups attached to an aromatic ring is 1. The summed E-state index contributed by atoms with van der Waals surface area (Å²) in [6, 6.07) is 0. The summed E-state index contributed by atoms with van der Waals surface area (Å²) in [5.74, 6) is 0.0289. The average molecular weight is 266 g/mol. The van der Waals surface area contributed by atoms with Crippen LogP contribution in [0.4, 0.5) is 5.95 Å². The first-order valence-electron chi connectivity index (χ1n) is 5.51. The van der Waals surface area contributed by atoms with E-state index in [0.29, 0.717) is 16.9 Å². The Morgan fingerprint density at radius 1 is 1.50 bits per heavy atom. The molecule has 0 aliphatic carbocycles. The molecule has 7 heteroatoms. The van der Waals surface area contributed by atoms with Crippen LogP contribution in [0.2, 0.25) is 0 Å². The first-order valence-corrected chi connectivity index (χ1v) is 6.33. The highest BCUT2D eigenvalue weighted by atomic mass is 32.1. The second-order valence-corrected chi connectivity index (χ2v) is 5.16. The molecule has 0 radical (unpaired) electrons. The van der Waals surface area contributed by atoms with Gasteiger partial charge in [-0.05, 0) is 20.3 Å². The van der Waals surface area contributed by atoms with E-state index in [1.165, 1.54) is 10.1 Å². The third kappa shape index (κ3) is 2.35. The summed E-state index contributed by atoms with van der Waals surface area (Å²) in [6.07, 6.45) is 2.76. The van der Waals surface area contributed by atoms with Crippen molar-refractivity contribution in [2.24, 2.45) is 0 Å². The van der Waals surface area contributed by atoms with Gasteiger partial charge in [-0.15, -0.1) is 0 Å². The number of aromatic amines is 1. The molecule has 0 saturated heterocycles. The van der Waals surface area contributed by atoms with E-state index < -0.39 is 0 Å². The van der Waals surface area contributed by atoms with Gasteiger partial charge in [0, 0.05) is 6.54 Å². The fourth-order valence-electron chi connectivity index (χ4n) is 1.65. The molecule has 0 spiro atoms. The summed E-state index contributed by atoms with van der Waals surface area (Å²) < 4.78 is 1.82. The Labute approximate surface area is 107 Å². The molecule has 2 heterocycles. The van der Waals surface area contributed by atoms with Crippen LogP contribution in [0.25, 0.3) is 10.3 Å². The van der Waals surface area contributed by atoms with Crippen LogP contribution >= 0.6 is 11.3 Å². The van der Waals surface area contributed by atoms with E-state index in [9.17, 15) is 9.59 Å². The molecule has 2 aromatic heterocycles. The number of hydrogen-bond acceptors (Lipinski definition) is 5. The highest BCUT2D eigenvalue weighted by Crippen LogP contribution is 2.11. The maximum Gasteiger partial charge on any atom is 0.309 e. The van der Waals surface area contributed by atoms with Crippen molar-refractivity contribution in [1.82, 2.24) is 14.5 Å². The second-order valence-electron chi connectivity index (χ2n) is 4.19. The van der Waals surface area contributed by atoms with Gasteiger partial charge in [-0.3, -0.25) is 19.1 Å². The van der Waals surface area contributed by atoms with Gasteiger partial charge in [-0.1, -0.05) is 23.0 Å². The smallest absolute Gasteiger partial charge is 0.309 e. The lowest BCUT2D eigenvalue weighted by molar-refractivity contribution is 0.713. The van der Waals surface area contributed by atoms with Crippen LogP contribution in [-0.2, 0) is 6.54 Å². The molecule has 96 valence electrons. The topological polar surface area (TPSA) is 93.8 Å². The third-order valence-electron chi connectivity index (χ3n) is 2.45. The predicted octanol–water partition coefficient (Wildman–Crippen LogP) is 1.08. The highest BCUT2D eigenvalue weighted by Gasteiger charge is 2.12. The van der Waals surface area contributed by atoms with Crippen LogP contribution in [0.5, 0.6) is 0 Å². The Balaban J connectivity index is 2.50. The maximum absolute atomic E-state index is 11.8. The lowest BCUT2D eigenvalue weighted by Crippen LogP contribution is -2.15. The summed E-state index contributed by atoms with van der Waals surface area (Å²) in [4.78, 5) is 29.7. The van der Waals surface area contributed by atoms with Crippen molar-refractivity contribution in [1.29, 1.82) is 0 Å². The van der Waals surface area contributed by atoms with Gasteiger partial charge >= 0.3 is 4.87 Å². The zero-order chi connectivity index (χ0) is 13.3. The van der Waals surface area contributed by atoms with E-state index in [2.05, 4.69) is 9.97 Å². The molecule has 0 fully saturated rings. The standard InChI is InChI=1S/C11H14N4O2S/c1-6(2)4-3-5-15-8-7(18-11(15)17)9(16)14-10(12)13-8/h4H,3,5H2,1-2H3,(H3,12,13,14,16). The minimum Gasteiger partial charge on any atom is -0.369 e. The molecule has 0 atom stereocenters. The van der Waals surface area contributed by atoms with Crippen molar-refractivity contribution in [3.8, 4) is 0 Å². The number of anilines is 1. The Morgan fingerprint density at radius 2 is 2.22 bits per heavy atom. The zero-order valence-corrected chi connectivity index (χ0v) is 11.0. The molecular formula is C11H14N4O2S. The van der Waals surface area contributed by atoms with Gasteiger partial charge in [0.15, 0.2) is 5.65 Å². The molecule has 0 aliphatic heterocycles. The molecule has 0 aliphatic rings. The molecule has 0 saturated carbocycles. The highest BCUT2D eigenvalue weighted by molar-refractivity contribution is 7.16. The van der Waals surface area contributed by atoms with E-state index in [-0.39, 0.29) is 16.4 Å². The molecular weight excluding hydrogens is 252 g/mol. The fraction of sp³-hybridized carbons (Fsp3) is 0.364. The van der Waals surface area contributed by atoms with Crippen molar-refractivity contribution >= 4 is 27.6 Å². The average Bonchev–Trinajstić information content (AvgIpc) is 2.56. The van der Waals surface area contributed by atoms with Crippen LogP contribution in [0.15, 0.2) is 21.2 Å². The fourth-order valence-corrected chi connectivity index (χ4v) is 2.50. The largest absolute Gasteiger partial charge is 0.369 e. The van der Waals surface area contributed by atoms with Crippen LogP contribution < -0.4 is 16.2 Å². The number of aromatic nitrogens is 3. The molecule has 3 N–H and O–H groups in total. The van der Waals surface area contributed by atoms with Crippen LogP contribution in [0.3, 0.4) is 0 Å². The third-order valence-corrected chi connectivity index (χ3v) is 3.42. The van der Waals surface area contributed by atoms with E-state index >= 15 is 0 Å². The van der Waals surface area contributed by atoms with E-state index in [4.69, 9.17) is 5.73 Å². The van der Waals surface area contributed by atoms with E-state index in [1.54, 1.807) is 0 Å². The first-order chi connectivity index (χ1) is 8.49. The van der Waals surface area contributed by atoms with Crippen molar-refractivity contribution in [2.45, 2.75) is 26.8 Å². The van der Waals surface area contributed by atoms with Gasteiger partial charge in [-0.2, -0.15) is 4.98 Å². The quantitative estimate of drug-likeness (QED) is 0.813. The number of hydrogen-bond donors (Lipinski definition) is 2. The van der Waals surface area contributed by atoms with Crippen molar-refractivity contribution in [3.63, 3.8) is 0 Å². The number of nitrogens with two attached hydrogens (primary N) is 1. The molecule has 2 rings (SSSR count). The number of H-pyrrole nitrogens is 1. The molecule has 18 heavy (non-hydrogen) atoms. The summed E-state index contributed by atoms with van der Waals surface area (Å²) in [7, 11) is 0. The molecule has 2 aromatic rings. The Hall–Kier alpha value is -1.89. The Bertz CT molecular complexity index is 719. The van der Waals surface area contributed by atoms with Crippen LogP contribution in [0, 0.1) is 0 Å². The Kier molecular flexibility index (Phi) is 3.33. The molecule has 0 bridgehead atoms. The van der Waals surface area contributed by atoms with E-state index in [0.717, 1.165) is 17.8 Å². The Morgan fingerprint density at radius 3 is 2.89 bits per heavy atom. The molecule has 0 aromatic carbocycles. The molecule has 0 unspecified atom stereocenters. The van der Waals surface area contributed by atoms with Gasteiger partial charge in [0.25, 0.3) is 5.56 Å². The zero-order valence-electron chi connectivity index (χ0n) is 10.2. The summed E-state index contributed by atoms with van der Waals surface area (Å²) in [5, 5.41) is 0. The normalized spacial score (nSPS) is 10.8. The maximum atomic E-state index is 11.8. The number of aryl methyl sites for hydroxylation is 1. The predicted molar refractivity (Wildman–Crippen MR) is 73.0 cm³/mol. The van der Waals surface area contributed by atoms with Gasteiger partial charge in [0.2, 0.25) is 5.95 Å². The number of fused-ring (bicyclic) bond motifs is 1. The van der Waals surface area contributed by atoms with Gasteiger partial charge in [0.1, 0.15) is 4.70 Å².